The highest BCUT2D eigenvalue weighted by atomic mass is 32.2. The van der Waals surface area contributed by atoms with Gasteiger partial charge in [-0.05, 0) is 20.0 Å². The van der Waals surface area contributed by atoms with Gasteiger partial charge in [-0.2, -0.15) is 11.8 Å². The summed E-state index contributed by atoms with van der Waals surface area (Å²) >= 11 is 1.86. The Morgan fingerprint density at radius 1 is 1.29 bits per heavy atom. The Balaban J connectivity index is 2.31. The number of nitrogens with zero attached hydrogens (tertiary/aromatic N) is 3. The fourth-order valence-corrected chi connectivity index (χ4v) is 2.46. The number of aryl methyl sites for hydroxylation is 1. The summed E-state index contributed by atoms with van der Waals surface area (Å²) in [5.74, 6) is 3.36. The lowest BCUT2D eigenvalue weighted by molar-refractivity contribution is 0.324. The Labute approximate surface area is 108 Å². The number of nitrogen functional groups attached to an aromatic ring is 1. The number of anilines is 1. The minimum atomic E-state index is 0.567. The summed E-state index contributed by atoms with van der Waals surface area (Å²) in [4.78, 5) is 11.0. The largest absolute Gasteiger partial charge is 0.384 e. The van der Waals surface area contributed by atoms with Crippen LogP contribution in [0, 0.1) is 6.92 Å². The van der Waals surface area contributed by atoms with E-state index in [2.05, 4.69) is 28.7 Å². The van der Waals surface area contributed by atoms with Crippen molar-refractivity contribution >= 4 is 17.6 Å². The number of nitrogens with two attached hydrogens (primary N) is 1. The molecule has 1 aromatic heterocycles. The van der Waals surface area contributed by atoms with Gasteiger partial charge in [0.1, 0.15) is 11.6 Å². The van der Waals surface area contributed by atoms with Crippen LogP contribution in [0.5, 0.6) is 0 Å². The first kappa shape index (κ1) is 14.3. The van der Waals surface area contributed by atoms with E-state index in [4.69, 9.17) is 5.73 Å². The van der Waals surface area contributed by atoms with Crippen molar-refractivity contribution in [2.45, 2.75) is 26.5 Å². The maximum Gasteiger partial charge on any atom is 0.140 e. The van der Waals surface area contributed by atoms with Crippen LogP contribution in [-0.2, 0) is 5.75 Å². The number of thioether (sulfide) groups is 1. The van der Waals surface area contributed by atoms with Crippen LogP contribution in [0.25, 0.3) is 0 Å². The molecule has 0 fully saturated rings. The Hall–Kier alpha value is -0.810. The van der Waals surface area contributed by atoms with Gasteiger partial charge < -0.3 is 10.6 Å². The van der Waals surface area contributed by atoms with Gasteiger partial charge in [0.25, 0.3) is 0 Å². The number of hydrogen-bond acceptors (Lipinski definition) is 5. The predicted molar refractivity (Wildman–Crippen MR) is 75.1 cm³/mol. The molecule has 1 aromatic rings. The minimum Gasteiger partial charge on any atom is -0.384 e. The van der Waals surface area contributed by atoms with Gasteiger partial charge >= 0.3 is 0 Å². The SMILES string of the molecule is CCN(CC)CCSCc1nc(C)cc(N)n1. The molecule has 0 bridgehead atoms. The molecule has 1 heterocycles. The van der Waals surface area contributed by atoms with Crippen molar-refractivity contribution in [2.24, 2.45) is 0 Å². The number of rotatable bonds is 7. The first-order valence-electron chi connectivity index (χ1n) is 6.05. The maximum atomic E-state index is 5.69. The first-order valence-corrected chi connectivity index (χ1v) is 7.21. The second-order valence-corrected chi connectivity index (χ2v) is 5.04. The third-order valence-electron chi connectivity index (χ3n) is 2.60. The Kier molecular flexibility index (Phi) is 6.29. The van der Waals surface area contributed by atoms with Crippen molar-refractivity contribution in [3.63, 3.8) is 0 Å². The number of hydrogen-bond donors (Lipinski definition) is 1. The molecular weight excluding hydrogens is 232 g/mol. The molecule has 0 spiro atoms. The molecule has 2 N–H and O–H groups in total. The fourth-order valence-electron chi connectivity index (χ4n) is 1.62. The molecule has 0 aliphatic carbocycles. The average molecular weight is 254 g/mol. The highest BCUT2D eigenvalue weighted by Crippen LogP contribution is 2.11. The van der Waals surface area contributed by atoms with Gasteiger partial charge in [0.05, 0.1) is 5.75 Å². The van der Waals surface area contributed by atoms with Gasteiger partial charge in [-0.3, -0.25) is 0 Å². The van der Waals surface area contributed by atoms with Gasteiger partial charge in [-0.1, -0.05) is 13.8 Å². The molecule has 1 rings (SSSR count). The maximum absolute atomic E-state index is 5.69. The molecule has 0 saturated carbocycles. The quantitative estimate of drug-likeness (QED) is 0.754. The van der Waals surface area contributed by atoms with Crippen molar-refractivity contribution in [3.8, 4) is 0 Å². The van der Waals surface area contributed by atoms with Crippen LogP contribution < -0.4 is 5.73 Å². The first-order chi connectivity index (χ1) is 8.15. The smallest absolute Gasteiger partial charge is 0.140 e. The average Bonchev–Trinajstić information content (AvgIpc) is 2.28. The zero-order valence-corrected chi connectivity index (χ0v) is 11.8. The highest BCUT2D eigenvalue weighted by molar-refractivity contribution is 7.98. The van der Waals surface area contributed by atoms with Gasteiger partial charge in [0.2, 0.25) is 0 Å². The summed E-state index contributed by atoms with van der Waals surface area (Å²) < 4.78 is 0. The lowest BCUT2D eigenvalue weighted by atomic mass is 10.4. The molecule has 0 atom stereocenters. The van der Waals surface area contributed by atoms with E-state index in [1.54, 1.807) is 6.07 Å². The normalized spacial score (nSPS) is 11.1. The van der Waals surface area contributed by atoms with Gasteiger partial charge in [0.15, 0.2) is 0 Å². The molecule has 0 aliphatic heterocycles. The summed E-state index contributed by atoms with van der Waals surface area (Å²) in [6.07, 6.45) is 0. The van der Waals surface area contributed by atoms with Crippen molar-refractivity contribution in [3.05, 3.63) is 17.6 Å². The highest BCUT2D eigenvalue weighted by Gasteiger charge is 2.02. The lowest BCUT2D eigenvalue weighted by Crippen LogP contribution is -2.25. The molecule has 0 saturated heterocycles. The fraction of sp³-hybridized carbons (Fsp3) is 0.667. The van der Waals surface area contributed by atoms with Crippen molar-refractivity contribution in [2.75, 3.05) is 31.1 Å². The zero-order chi connectivity index (χ0) is 12.7. The Morgan fingerprint density at radius 3 is 2.59 bits per heavy atom. The Bertz CT molecular complexity index is 319. The van der Waals surface area contributed by atoms with Crippen LogP contribution in [0.1, 0.15) is 25.4 Å². The number of aromatic nitrogens is 2. The molecular formula is C12H22N4S. The van der Waals surface area contributed by atoms with Crippen molar-refractivity contribution < 1.29 is 0 Å². The van der Waals surface area contributed by atoms with Crippen molar-refractivity contribution in [1.29, 1.82) is 0 Å². The molecule has 0 radical (unpaired) electrons. The monoisotopic (exact) mass is 254 g/mol. The van der Waals surface area contributed by atoms with Crippen LogP contribution in [0.15, 0.2) is 6.07 Å². The molecule has 96 valence electrons. The van der Waals surface area contributed by atoms with E-state index in [0.717, 1.165) is 42.7 Å². The van der Waals surface area contributed by atoms with E-state index < -0.39 is 0 Å². The second kappa shape index (κ2) is 7.50. The van der Waals surface area contributed by atoms with Crippen LogP contribution >= 0.6 is 11.8 Å². The lowest BCUT2D eigenvalue weighted by Gasteiger charge is -2.17. The third kappa shape index (κ3) is 5.37. The van der Waals surface area contributed by atoms with Crippen LogP contribution in [0.4, 0.5) is 5.82 Å². The standard InChI is InChI=1S/C12H22N4S/c1-4-16(5-2)6-7-17-9-12-14-10(3)8-11(13)15-12/h8H,4-7,9H2,1-3H3,(H2,13,14,15). The van der Waals surface area contributed by atoms with Gasteiger partial charge in [0, 0.05) is 24.1 Å². The second-order valence-electron chi connectivity index (χ2n) is 3.93. The molecule has 0 aliphatic rings. The molecule has 17 heavy (non-hydrogen) atoms. The molecule has 5 heteroatoms. The summed E-state index contributed by atoms with van der Waals surface area (Å²) in [5, 5.41) is 0. The molecule has 0 aromatic carbocycles. The topological polar surface area (TPSA) is 55.0 Å². The summed E-state index contributed by atoms with van der Waals surface area (Å²) in [5.41, 5.74) is 6.63. The van der Waals surface area contributed by atoms with Crippen LogP contribution in [-0.4, -0.2) is 40.3 Å². The third-order valence-corrected chi connectivity index (χ3v) is 3.53. The van der Waals surface area contributed by atoms with Gasteiger partial charge in [-0.25, -0.2) is 9.97 Å². The zero-order valence-electron chi connectivity index (χ0n) is 10.9. The van der Waals surface area contributed by atoms with E-state index >= 15 is 0 Å². The summed E-state index contributed by atoms with van der Waals surface area (Å²) in [6.45, 7) is 9.69. The Morgan fingerprint density at radius 2 is 2.00 bits per heavy atom. The van der Waals surface area contributed by atoms with Crippen LogP contribution in [0.2, 0.25) is 0 Å². The summed E-state index contributed by atoms with van der Waals surface area (Å²) in [6, 6.07) is 1.80. The minimum absolute atomic E-state index is 0.567. The van der Waals surface area contributed by atoms with Gasteiger partial charge in [-0.15, -0.1) is 0 Å². The predicted octanol–water partition coefficient (Wildman–Crippen LogP) is 1.94. The van der Waals surface area contributed by atoms with E-state index in [0.29, 0.717) is 5.82 Å². The van der Waals surface area contributed by atoms with E-state index in [1.807, 2.05) is 18.7 Å². The van der Waals surface area contributed by atoms with E-state index in [1.165, 1.54) is 0 Å². The molecule has 0 unspecified atom stereocenters. The van der Waals surface area contributed by atoms with Crippen LogP contribution in [0.3, 0.4) is 0 Å². The van der Waals surface area contributed by atoms with E-state index in [-0.39, 0.29) is 0 Å². The molecule has 4 nitrogen and oxygen atoms in total. The molecule has 0 amide bonds. The summed E-state index contributed by atoms with van der Waals surface area (Å²) in [7, 11) is 0. The van der Waals surface area contributed by atoms with Crippen molar-refractivity contribution in [1.82, 2.24) is 14.9 Å². The van der Waals surface area contributed by atoms with E-state index in [9.17, 15) is 0 Å².